The van der Waals surface area contributed by atoms with E-state index in [2.05, 4.69) is 44.5 Å². The molecule has 2 unspecified atom stereocenters. The Morgan fingerprint density at radius 3 is 2.53 bits per heavy atom. The van der Waals surface area contributed by atoms with Gasteiger partial charge in [-0.2, -0.15) is 5.10 Å². The van der Waals surface area contributed by atoms with E-state index in [1.54, 1.807) is 0 Å². The second-order valence-electron chi connectivity index (χ2n) is 5.95. The van der Waals surface area contributed by atoms with Gasteiger partial charge in [-0.05, 0) is 55.5 Å². The van der Waals surface area contributed by atoms with Gasteiger partial charge in [0.15, 0.2) is 0 Å². The monoisotopic (exact) mass is 326 g/mol. The van der Waals surface area contributed by atoms with Crippen molar-refractivity contribution in [3.8, 4) is 0 Å². The molecule has 0 radical (unpaired) electrons. The molecule has 2 bridgehead atoms. The summed E-state index contributed by atoms with van der Waals surface area (Å²) >= 11 is 3.71. The summed E-state index contributed by atoms with van der Waals surface area (Å²) in [6, 6.07) is 1.78. The highest BCUT2D eigenvalue weighted by atomic mass is 79.9. The Labute approximate surface area is 123 Å². The first-order chi connectivity index (χ1) is 9.10. The van der Waals surface area contributed by atoms with Gasteiger partial charge in [0.2, 0.25) is 0 Å². The summed E-state index contributed by atoms with van der Waals surface area (Å²) in [5.74, 6) is 0. The number of rotatable bonds is 3. The van der Waals surface area contributed by atoms with Crippen molar-refractivity contribution in [2.75, 3.05) is 0 Å². The predicted octanol–water partition coefficient (Wildman–Crippen LogP) is 2.43. The number of aryl methyl sites for hydroxylation is 2. The van der Waals surface area contributed by atoms with Gasteiger partial charge in [0, 0.05) is 31.2 Å². The normalized spacial score (nSPS) is 31.1. The van der Waals surface area contributed by atoms with Crippen LogP contribution < -0.4 is 5.73 Å². The van der Waals surface area contributed by atoms with Crippen molar-refractivity contribution in [3.05, 3.63) is 15.9 Å². The van der Waals surface area contributed by atoms with Crippen molar-refractivity contribution in [2.45, 2.75) is 70.7 Å². The van der Waals surface area contributed by atoms with Crippen LogP contribution in [0, 0.1) is 6.92 Å². The van der Waals surface area contributed by atoms with E-state index >= 15 is 0 Å². The largest absolute Gasteiger partial charge is 0.328 e. The Kier molecular flexibility index (Phi) is 3.71. The van der Waals surface area contributed by atoms with E-state index in [9.17, 15) is 0 Å². The van der Waals surface area contributed by atoms with Crippen LogP contribution in [0.3, 0.4) is 0 Å². The molecule has 0 aliphatic carbocycles. The molecule has 5 heteroatoms. The summed E-state index contributed by atoms with van der Waals surface area (Å²) < 4.78 is 3.32. The molecular formula is C14H23BrN4. The maximum Gasteiger partial charge on any atom is 0.0739 e. The summed E-state index contributed by atoms with van der Waals surface area (Å²) in [6.07, 6.45) is 4.95. The first-order valence-corrected chi connectivity index (χ1v) is 8.12. The van der Waals surface area contributed by atoms with Crippen LogP contribution in [0.5, 0.6) is 0 Å². The highest BCUT2D eigenvalue weighted by molar-refractivity contribution is 9.10. The molecule has 0 spiro atoms. The minimum absolute atomic E-state index is 0.412. The van der Waals surface area contributed by atoms with Crippen molar-refractivity contribution in [1.82, 2.24) is 14.7 Å². The molecule has 106 valence electrons. The second kappa shape index (κ2) is 5.19. The van der Waals surface area contributed by atoms with Gasteiger partial charge in [-0.25, -0.2) is 0 Å². The number of hydrogen-bond acceptors (Lipinski definition) is 3. The standard InChI is InChI=1S/C14H23BrN4/c1-3-19-13(14(15)9(2)17-19)8-18-11-4-5-12(18)7-10(16)6-11/h10-12H,3-8,16H2,1-2H3. The lowest BCUT2D eigenvalue weighted by Crippen LogP contribution is -2.47. The van der Waals surface area contributed by atoms with Crippen molar-refractivity contribution in [2.24, 2.45) is 5.73 Å². The molecule has 2 fully saturated rings. The number of fused-ring (bicyclic) bond motifs is 2. The summed E-state index contributed by atoms with van der Waals surface area (Å²) in [4.78, 5) is 2.66. The van der Waals surface area contributed by atoms with Crippen LogP contribution in [0.1, 0.15) is 44.0 Å². The van der Waals surface area contributed by atoms with E-state index < -0.39 is 0 Å². The van der Waals surface area contributed by atoms with Crippen molar-refractivity contribution < 1.29 is 0 Å². The van der Waals surface area contributed by atoms with Crippen LogP contribution >= 0.6 is 15.9 Å². The maximum absolute atomic E-state index is 6.15. The van der Waals surface area contributed by atoms with Gasteiger partial charge in [-0.1, -0.05) is 0 Å². The van der Waals surface area contributed by atoms with Crippen LogP contribution in [0.15, 0.2) is 4.47 Å². The summed E-state index contributed by atoms with van der Waals surface area (Å²) in [6.45, 7) is 6.17. The molecule has 2 saturated heterocycles. The van der Waals surface area contributed by atoms with E-state index in [0.717, 1.165) is 31.6 Å². The molecular weight excluding hydrogens is 304 g/mol. The zero-order chi connectivity index (χ0) is 13.6. The fourth-order valence-corrected chi connectivity index (χ4v) is 4.18. The van der Waals surface area contributed by atoms with Crippen molar-refractivity contribution in [1.29, 1.82) is 0 Å². The zero-order valence-electron chi connectivity index (χ0n) is 11.8. The average molecular weight is 327 g/mol. The molecule has 2 atom stereocenters. The maximum atomic E-state index is 6.15. The van der Waals surface area contributed by atoms with E-state index in [-0.39, 0.29) is 0 Å². The SMILES string of the molecule is CCn1nc(C)c(Br)c1CN1C2CCC1CC(N)C2. The summed E-state index contributed by atoms with van der Waals surface area (Å²) in [7, 11) is 0. The lowest BCUT2D eigenvalue weighted by atomic mass is 9.98. The van der Waals surface area contributed by atoms with Gasteiger partial charge in [-0.15, -0.1) is 0 Å². The van der Waals surface area contributed by atoms with Gasteiger partial charge >= 0.3 is 0 Å². The first kappa shape index (κ1) is 13.6. The van der Waals surface area contributed by atoms with E-state index in [1.807, 2.05) is 0 Å². The average Bonchev–Trinajstić information content (AvgIpc) is 2.78. The fraction of sp³-hybridized carbons (Fsp3) is 0.786. The highest BCUT2D eigenvalue weighted by Gasteiger charge is 2.40. The number of nitrogens with two attached hydrogens (primary N) is 1. The third-order valence-corrected chi connectivity index (χ3v) is 5.74. The third-order valence-electron chi connectivity index (χ3n) is 4.71. The number of halogens is 1. The molecule has 0 saturated carbocycles. The topological polar surface area (TPSA) is 47.1 Å². The predicted molar refractivity (Wildman–Crippen MR) is 79.9 cm³/mol. The number of aromatic nitrogens is 2. The fourth-order valence-electron chi connectivity index (χ4n) is 3.77. The summed E-state index contributed by atoms with van der Waals surface area (Å²) in [5.41, 5.74) is 8.57. The van der Waals surface area contributed by atoms with Gasteiger partial charge < -0.3 is 5.73 Å². The molecule has 2 aliphatic heterocycles. The number of hydrogen-bond donors (Lipinski definition) is 1. The third kappa shape index (κ3) is 2.36. The van der Waals surface area contributed by atoms with Crippen LogP contribution in [0.2, 0.25) is 0 Å². The van der Waals surface area contributed by atoms with E-state index in [4.69, 9.17) is 5.73 Å². The zero-order valence-corrected chi connectivity index (χ0v) is 13.4. The minimum Gasteiger partial charge on any atom is -0.328 e. The quantitative estimate of drug-likeness (QED) is 0.927. The lowest BCUT2D eigenvalue weighted by molar-refractivity contribution is 0.116. The van der Waals surface area contributed by atoms with Crippen molar-refractivity contribution in [3.63, 3.8) is 0 Å². The Bertz CT molecular complexity index is 456. The summed E-state index contributed by atoms with van der Waals surface area (Å²) in [5, 5.41) is 4.60. The molecule has 4 nitrogen and oxygen atoms in total. The molecule has 3 rings (SSSR count). The molecule has 19 heavy (non-hydrogen) atoms. The Morgan fingerprint density at radius 2 is 1.95 bits per heavy atom. The van der Waals surface area contributed by atoms with Gasteiger partial charge in [-0.3, -0.25) is 9.58 Å². The Morgan fingerprint density at radius 1 is 1.32 bits per heavy atom. The smallest absolute Gasteiger partial charge is 0.0739 e. The molecule has 1 aromatic heterocycles. The van der Waals surface area contributed by atoms with E-state index in [1.165, 1.54) is 23.0 Å². The van der Waals surface area contributed by atoms with Gasteiger partial charge in [0.05, 0.1) is 15.9 Å². The Balaban J connectivity index is 1.82. The van der Waals surface area contributed by atoms with Crippen LogP contribution in [-0.4, -0.2) is 32.8 Å². The Hall–Kier alpha value is -0.390. The minimum atomic E-state index is 0.412. The molecule has 0 aromatic carbocycles. The molecule has 3 heterocycles. The number of nitrogens with zero attached hydrogens (tertiary/aromatic N) is 3. The molecule has 0 amide bonds. The van der Waals surface area contributed by atoms with Crippen LogP contribution in [0.25, 0.3) is 0 Å². The van der Waals surface area contributed by atoms with Gasteiger partial charge in [0.25, 0.3) is 0 Å². The van der Waals surface area contributed by atoms with Gasteiger partial charge in [0.1, 0.15) is 0 Å². The first-order valence-electron chi connectivity index (χ1n) is 7.33. The lowest BCUT2D eigenvalue weighted by Gasteiger charge is -2.37. The molecule has 1 aromatic rings. The molecule has 2 aliphatic rings. The molecule has 2 N–H and O–H groups in total. The number of piperidine rings is 1. The van der Waals surface area contributed by atoms with Crippen LogP contribution in [0.4, 0.5) is 0 Å². The highest BCUT2D eigenvalue weighted by Crippen LogP contribution is 2.37. The van der Waals surface area contributed by atoms with Crippen LogP contribution in [-0.2, 0) is 13.1 Å². The van der Waals surface area contributed by atoms with E-state index in [0.29, 0.717) is 18.1 Å². The second-order valence-corrected chi connectivity index (χ2v) is 6.74. The van der Waals surface area contributed by atoms with Crippen molar-refractivity contribution >= 4 is 15.9 Å².